The number of hydrogen-bond acceptors (Lipinski definition) is 5. The quantitative estimate of drug-likeness (QED) is 0.808. The van der Waals surface area contributed by atoms with Crippen LogP contribution in [0.3, 0.4) is 0 Å². The minimum absolute atomic E-state index is 0.00330. The van der Waals surface area contributed by atoms with E-state index in [4.69, 9.17) is 4.74 Å². The van der Waals surface area contributed by atoms with Crippen LogP contribution in [-0.4, -0.2) is 38.4 Å². The van der Waals surface area contributed by atoms with E-state index < -0.39 is 15.8 Å². The zero-order chi connectivity index (χ0) is 16.3. The summed E-state index contributed by atoms with van der Waals surface area (Å²) in [7, 11) is -0.902. The lowest BCUT2D eigenvalue weighted by Crippen LogP contribution is -2.29. The minimum Gasteiger partial charge on any atom is -0.494 e. The molecule has 0 saturated heterocycles. The van der Waals surface area contributed by atoms with Gasteiger partial charge in [0.2, 0.25) is 10.0 Å². The molecule has 120 valence electrons. The molecule has 2 aromatic rings. The molecular formula is C14H17FN2O3S2. The number of methoxy groups -OCH3 is 1. The molecule has 0 aliphatic heterocycles. The second-order valence-corrected chi connectivity index (χ2v) is 8.10. The number of sulfonamides is 1. The number of aromatic nitrogens is 1. The first-order chi connectivity index (χ1) is 10.3. The number of aryl methyl sites for hydroxylation is 1. The van der Waals surface area contributed by atoms with Gasteiger partial charge in [-0.25, -0.2) is 22.1 Å². The highest BCUT2D eigenvalue weighted by molar-refractivity contribution is 7.89. The van der Waals surface area contributed by atoms with E-state index in [0.717, 1.165) is 16.0 Å². The van der Waals surface area contributed by atoms with Gasteiger partial charge in [-0.15, -0.1) is 11.3 Å². The average molecular weight is 344 g/mol. The summed E-state index contributed by atoms with van der Waals surface area (Å²) in [5.41, 5.74) is 0. The third-order valence-corrected chi connectivity index (χ3v) is 5.97. The van der Waals surface area contributed by atoms with Gasteiger partial charge >= 0.3 is 0 Å². The van der Waals surface area contributed by atoms with Crippen molar-refractivity contribution in [1.82, 2.24) is 9.29 Å². The van der Waals surface area contributed by atoms with Gasteiger partial charge in [0.25, 0.3) is 0 Å². The minimum atomic E-state index is -3.69. The lowest BCUT2D eigenvalue weighted by Gasteiger charge is -2.17. The molecule has 0 bridgehead atoms. The van der Waals surface area contributed by atoms with Crippen molar-refractivity contribution < 1.29 is 17.5 Å². The summed E-state index contributed by atoms with van der Waals surface area (Å²) < 4.78 is 44.4. The topological polar surface area (TPSA) is 59.5 Å². The molecule has 0 aliphatic rings. The Morgan fingerprint density at radius 1 is 1.41 bits per heavy atom. The summed E-state index contributed by atoms with van der Waals surface area (Å²) in [6.45, 7) is 2.25. The monoisotopic (exact) mass is 344 g/mol. The van der Waals surface area contributed by atoms with Crippen LogP contribution in [-0.2, 0) is 16.4 Å². The summed E-state index contributed by atoms with van der Waals surface area (Å²) in [4.78, 5) is 5.30. The average Bonchev–Trinajstić information content (AvgIpc) is 2.90. The maximum absolute atomic E-state index is 13.4. The number of thiazole rings is 1. The van der Waals surface area contributed by atoms with Gasteiger partial charge in [0, 0.05) is 37.2 Å². The highest BCUT2D eigenvalue weighted by Crippen LogP contribution is 2.23. The molecule has 0 amide bonds. The van der Waals surface area contributed by atoms with Gasteiger partial charge in [-0.2, -0.15) is 0 Å². The molecule has 5 nitrogen and oxygen atoms in total. The molecular weight excluding hydrogens is 327 g/mol. The zero-order valence-electron chi connectivity index (χ0n) is 12.5. The number of ether oxygens (including phenoxy) is 1. The molecule has 0 N–H and O–H groups in total. The lowest BCUT2D eigenvalue weighted by atomic mass is 10.3. The Morgan fingerprint density at radius 3 is 2.73 bits per heavy atom. The summed E-state index contributed by atoms with van der Waals surface area (Å²) in [5, 5.41) is 0.885. The number of halogens is 1. The summed E-state index contributed by atoms with van der Waals surface area (Å²) in [5.74, 6) is -0.688. The molecule has 0 unspecified atom stereocenters. The van der Waals surface area contributed by atoms with Crippen molar-refractivity contribution in [3.8, 4) is 5.75 Å². The van der Waals surface area contributed by atoms with Crippen LogP contribution >= 0.6 is 11.3 Å². The third kappa shape index (κ3) is 3.63. The van der Waals surface area contributed by atoms with E-state index in [1.165, 1.54) is 30.6 Å². The molecule has 0 saturated carbocycles. The predicted molar refractivity (Wildman–Crippen MR) is 83.3 cm³/mol. The Morgan fingerprint density at radius 2 is 2.14 bits per heavy atom. The first-order valence-electron chi connectivity index (χ1n) is 6.56. The van der Waals surface area contributed by atoms with Crippen LogP contribution < -0.4 is 4.74 Å². The Balaban J connectivity index is 2.14. The Kier molecular flexibility index (Phi) is 5.15. The van der Waals surface area contributed by atoms with Crippen LogP contribution in [0.25, 0.3) is 0 Å². The highest BCUT2D eigenvalue weighted by Gasteiger charge is 2.22. The van der Waals surface area contributed by atoms with E-state index >= 15 is 0 Å². The van der Waals surface area contributed by atoms with Gasteiger partial charge < -0.3 is 4.74 Å². The van der Waals surface area contributed by atoms with Crippen LogP contribution in [0.5, 0.6) is 5.75 Å². The smallest absolute Gasteiger partial charge is 0.242 e. The van der Waals surface area contributed by atoms with Crippen LogP contribution in [0.2, 0.25) is 0 Å². The molecule has 2 rings (SSSR count). The molecule has 0 fully saturated rings. The van der Waals surface area contributed by atoms with Crippen molar-refractivity contribution >= 4 is 21.4 Å². The maximum Gasteiger partial charge on any atom is 0.242 e. The van der Waals surface area contributed by atoms with Crippen molar-refractivity contribution in [2.75, 3.05) is 20.7 Å². The largest absolute Gasteiger partial charge is 0.494 e. The fraction of sp³-hybridized carbons (Fsp3) is 0.357. The van der Waals surface area contributed by atoms with E-state index in [2.05, 4.69) is 4.98 Å². The number of rotatable bonds is 6. The van der Waals surface area contributed by atoms with Gasteiger partial charge in [0.05, 0.1) is 17.0 Å². The van der Waals surface area contributed by atoms with E-state index in [1.807, 2.05) is 6.92 Å². The van der Waals surface area contributed by atoms with Crippen molar-refractivity contribution in [2.45, 2.75) is 18.2 Å². The fourth-order valence-electron chi connectivity index (χ4n) is 1.87. The molecule has 1 aromatic heterocycles. The second-order valence-electron chi connectivity index (χ2n) is 4.74. The molecule has 0 spiro atoms. The van der Waals surface area contributed by atoms with Crippen LogP contribution in [0.15, 0.2) is 29.3 Å². The summed E-state index contributed by atoms with van der Waals surface area (Å²) >= 11 is 1.54. The highest BCUT2D eigenvalue weighted by atomic mass is 32.2. The Hall–Kier alpha value is -1.51. The molecule has 0 atom stereocenters. The predicted octanol–water partition coefficient (Wildman–Crippen LogP) is 2.46. The Bertz CT molecular complexity index is 759. The first kappa shape index (κ1) is 16.9. The van der Waals surface area contributed by atoms with E-state index in [1.54, 1.807) is 17.5 Å². The van der Waals surface area contributed by atoms with Crippen molar-refractivity contribution in [3.05, 3.63) is 40.1 Å². The van der Waals surface area contributed by atoms with Gasteiger partial charge in [0.15, 0.2) is 11.6 Å². The van der Waals surface area contributed by atoms with Crippen molar-refractivity contribution in [3.63, 3.8) is 0 Å². The molecule has 1 heterocycles. The molecule has 0 radical (unpaired) electrons. The standard InChI is InChI=1S/C14H17FN2O3S2/c1-10-9-16-14(21-10)6-7-17(2)22(18,19)11-4-5-12(15)13(8-11)20-3/h4-5,8-9H,6-7H2,1-3H3. The van der Waals surface area contributed by atoms with Crippen molar-refractivity contribution in [2.24, 2.45) is 0 Å². The molecule has 1 aromatic carbocycles. The van der Waals surface area contributed by atoms with Gasteiger partial charge in [-0.3, -0.25) is 0 Å². The Labute approximate surface area is 133 Å². The lowest BCUT2D eigenvalue weighted by molar-refractivity contribution is 0.384. The van der Waals surface area contributed by atoms with Gasteiger partial charge in [-0.05, 0) is 19.1 Å². The van der Waals surface area contributed by atoms with Gasteiger partial charge in [0.1, 0.15) is 0 Å². The second kappa shape index (κ2) is 6.72. The number of nitrogens with zero attached hydrogens (tertiary/aromatic N) is 2. The number of hydrogen-bond donors (Lipinski definition) is 0. The summed E-state index contributed by atoms with van der Waals surface area (Å²) in [6, 6.07) is 3.51. The maximum atomic E-state index is 13.4. The van der Waals surface area contributed by atoms with Crippen LogP contribution in [0, 0.1) is 12.7 Å². The van der Waals surface area contributed by atoms with Crippen LogP contribution in [0.4, 0.5) is 4.39 Å². The fourth-order valence-corrected chi connectivity index (χ4v) is 3.83. The van der Waals surface area contributed by atoms with Gasteiger partial charge in [-0.1, -0.05) is 0 Å². The van der Waals surface area contributed by atoms with Crippen molar-refractivity contribution in [1.29, 1.82) is 0 Å². The molecule has 8 heteroatoms. The zero-order valence-corrected chi connectivity index (χ0v) is 14.2. The van der Waals surface area contributed by atoms with Crippen LogP contribution in [0.1, 0.15) is 9.88 Å². The third-order valence-electron chi connectivity index (χ3n) is 3.14. The summed E-state index contributed by atoms with van der Waals surface area (Å²) in [6.07, 6.45) is 2.30. The first-order valence-corrected chi connectivity index (χ1v) is 8.81. The van der Waals surface area contributed by atoms with E-state index in [-0.39, 0.29) is 10.6 Å². The molecule has 0 aliphatic carbocycles. The SMILES string of the molecule is COc1cc(S(=O)(=O)N(C)CCc2ncc(C)s2)ccc1F. The van der Waals surface area contributed by atoms with E-state index in [9.17, 15) is 12.8 Å². The van der Waals surface area contributed by atoms with E-state index in [0.29, 0.717) is 13.0 Å². The normalized spacial score (nSPS) is 11.9. The number of benzene rings is 1. The number of likely N-dealkylation sites (N-methyl/N-ethyl adjacent to an activating group) is 1. The molecule has 22 heavy (non-hydrogen) atoms.